The molecule has 3 heterocycles. The lowest BCUT2D eigenvalue weighted by atomic mass is 9.70. The van der Waals surface area contributed by atoms with Crippen LogP contribution in [0.4, 0.5) is 0 Å². The van der Waals surface area contributed by atoms with Crippen LogP contribution in [0.15, 0.2) is 86.0 Å². The van der Waals surface area contributed by atoms with Crippen molar-refractivity contribution in [2.24, 2.45) is 17.8 Å². The third kappa shape index (κ3) is 5.67. The van der Waals surface area contributed by atoms with Crippen LogP contribution in [-0.4, -0.2) is 79.3 Å². The van der Waals surface area contributed by atoms with Crippen molar-refractivity contribution in [3.05, 3.63) is 97.1 Å². The number of carbonyl (C=O) groups is 3. The number of aliphatic hydroxyl groups is 1. The van der Waals surface area contributed by atoms with Gasteiger partial charge in [-0.3, -0.25) is 14.4 Å². The Labute approximate surface area is 259 Å². The largest absolute Gasteiger partial charge is 0.394 e. The van der Waals surface area contributed by atoms with E-state index in [1.54, 1.807) is 38.6 Å². The summed E-state index contributed by atoms with van der Waals surface area (Å²) in [5.41, 5.74) is 2.00. The van der Waals surface area contributed by atoms with Crippen LogP contribution >= 0.6 is 11.8 Å². The average molecular weight is 602 g/mol. The Kier molecular flexibility index (Phi) is 9.47. The zero-order chi connectivity index (χ0) is 30.7. The molecule has 1 spiro atoms. The van der Waals surface area contributed by atoms with Crippen LogP contribution in [0.5, 0.6) is 0 Å². The summed E-state index contributed by atoms with van der Waals surface area (Å²) in [5, 5.41) is 10.5. The molecule has 0 saturated carbocycles. The number of fused-ring (bicyclic) bond motifs is 1. The fraction of sp³-hybridized carbons (Fsp3) is 0.457. The number of benzene rings is 2. The van der Waals surface area contributed by atoms with Crippen LogP contribution in [-0.2, 0) is 27.5 Å². The fourth-order valence-corrected chi connectivity index (χ4v) is 9.59. The predicted molar refractivity (Wildman–Crippen MR) is 171 cm³/mol. The summed E-state index contributed by atoms with van der Waals surface area (Å²) >= 11 is 1.66. The maximum absolute atomic E-state index is 14.7. The van der Waals surface area contributed by atoms with E-state index in [-0.39, 0.29) is 35.5 Å². The average Bonchev–Trinajstić information content (AvgIpc) is 3.65. The molecular formula is C35H43N3O4S. The Bertz CT molecular complexity index is 1340. The number of hydrogen-bond donors (Lipinski definition) is 1. The van der Waals surface area contributed by atoms with Crippen molar-refractivity contribution in [3.8, 4) is 0 Å². The smallest absolute Gasteiger partial charge is 0.247 e. The number of carbonyl (C=O) groups excluding carboxylic acids is 3. The maximum atomic E-state index is 14.7. The molecule has 2 aromatic carbocycles. The van der Waals surface area contributed by atoms with Crippen LogP contribution in [0.1, 0.15) is 37.8 Å². The van der Waals surface area contributed by atoms with Crippen molar-refractivity contribution in [2.75, 3.05) is 19.7 Å². The molecule has 3 fully saturated rings. The lowest BCUT2D eigenvalue weighted by molar-refractivity contribution is -0.148. The van der Waals surface area contributed by atoms with Gasteiger partial charge in [-0.25, -0.2) is 0 Å². The van der Waals surface area contributed by atoms with Gasteiger partial charge in [0.1, 0.15) is 6.04 Å². The summed E-state index contributed by atoms with van der Waals surface area (Å²) in [6.07, 6.45) is 4.88. The molecule has 3 aliphatic heterocycles. The molecule has 228 valence electrons. The first-order valence-electron chi connectivity index (χ1n) is 15.3. The Hall–Kier alpha value is -3.36. The normalized spacial score (nSPS) is 26.3. The monoisotopic (exact) mass is 601 g/mol. The van der Waals surface area contributed by atoms with E-state index in [1.165, 1.54) is 0 Å². The van der Waals surface area contributed by atoms with E-state index in [9.17, 15) is 19.5 Å². The first kappa shape index (κ1) is 31.1. The van der Waals surface area contributed by atoms with E-state index >= 15 is 0 Å². The summed E-state index contributed by atoms with van der Waals surface area (Å²) in [4.78, 5) is 48.9. The second-order valence-electron chi connectivity index (χ2n) is 12.3. The minimum atomic E-state index is -0.775. The van der Waals surface area contributed by atoms with Gasteiger partial charge in [-0.15, -0.1) is 24.9 Å². The van der Waals surface area contributed by atoms with Gasteiger partial charge in [-0.1, -0.05) is 86.7 Å². The van der Waals surface area contributed by atoms with Gasteiger partial charge in [0.2, 0.25) is 17.7 Å². The number of likely N-dealkylation sites (tertiary alicyclic amines) is 1. The van der Waals surface area contributed by atoms with Gasteiger partial charge < -0.3 is 19.8 Å². The molecule has 2 aromatic rings. The van der Waals surface area contributed by atoms with E-state index in [2.05, 4.69) is 13.2 Å². The summed E-state index contributed by atoms with van der Waals surface area (Å²) in [5.74, 6) is -1.64. The second kappa shape index (κ2) is 13.1. The Balaban J connectivity index is 1.54. The predicted octanol–water partition coefficient (Wildman–Crippen LogP) is 4.52. The van der Waals surface area contributed by atoms with Crippen molar-refractivity contribution < 1.29 is 19.5 Å². The molecule has 1 N–H and O–H groups in total. The van der Waals surface area contributed by atoms with E-state index in [1.807, 2.05) is 74.5 Å². The number of rotatable bonds is 13. The number of amides is 3. The van der Waals surface area contributed by atoms with Crippen LogP contribution in [0, 0.1) is 17.8 Å². The minimum absolute atomic E-state index is 0.0457. The number of aliphatic hydroxyl groups excluding tert-OH is 1. The molecule has 0 radical (unpaired) electrons. The fourth-order valence-electron chi connectivity index (χ4n) is 7.40. The number of nitrogens with zero attached hydrogens (tertiary/aromatic N) is 3. The topological polar surface area (TPSA) is 81.2 Å². The number of hydrogen-bond acceptors (Lipinski definition) is 5. The molecule has 7 nitrogen and oxygen atoms in total. The SMILES string of the molecule is C=CCN(Cc1ccccc1)C(=O)C1N([C@@H](CO)C(C)C)C(=O)[C@@H]2[C@H](C(=O)N(CC=C)Cc3ccccc3)[C@@H]3CCC12S3. The van der Waals surface area contributed by atoms with Crippen LogP contribution in [0.3, 0.4) is 0 Å². The number of thioether (sulfide) groups is 1. The standard InChI is InChI=1S/C35H43N3O4S/c1-5-19-36(21-25-13-9-7-10-14-25)32(40)29-28-17-18-35(43-28)30(29)33(41)38(27(23-39)24(3)4)31(35)34(42)37(20-6-2)22-26-15-11-8-12-16-26/h5-16,24,27-31,39H,1-2,17-23H2,3-4H3/t27-,28-,29+,30-,31?,35?/m0/s1. The molecule has 3 amide bonds. The van der Waals surface area contributed by atoms with Crippen molar-refractivity contribution >= 4 is 29.5 Å². The first-order chi connectivity index (χ1) is 20.8. The lowest BCUT2D eigenvalue weighted by Gasteiger charge is -2.40. The zero-order valence-corrected chi connectivity index (χ0v) is 26.0. The molecule has 0 aromatic heterocycles. The van der Waals surface area contributed by atoms with E-state index in [0.29, 0.717) is 32.6 Å². The highest BCUT2D eigenvalue weighted by atomic mass is 32.2. The molecule has 3 aliphatic rings. The highest BCUT2D eigenvalue weighted by Gasteiger charge is 2.74. The molecule has 5 rings (SSSR count). The van der Waals surface area contributed by atoms with Crippen molar-refractivity contribution in [3.63, 3.8) is 0 Å². The van der Waals surface area contributed by atoms with Gasteiger partial charge >= 0.3 is 0 Å². The van der Waals surface area contributed by atoms with Gasteiger partial charge in [0.25, 0.3) is 0 Å². The highest BCUT2D eigenvalue weighted by molar-refractivity contribution is 8.02. The van der Waals surface area contributed by atoms with Crippen LogP contribution in [0.25, 0.3) is 0 Å². The summed E-state index contributed by atoms with van der Waals surface area (Å²) in [7, 11) is 0. The van der Waals surface area contributed by atoms with E-state index in [4.69, 9.17) is 0 Å². The van der Waals surface area contributed by atoms with Crippen molar-refractivity contribution in [1.29, 1.82) is 0 Å². The highest BCUT2D eigenvalue weighted by Crippen LogP contribution is 2.67. The zero-order valence-electron chi connectivity index (χ0n) is 25.2. The van der Waals surface area contributed by atoms with Crippen molar-refractivity contribution in [1.82, 2.24) is 14.7 Å². The summed E-state index contributed by atoms with van der Waals surface area (Å²) in [6.45, 7) is 13.0. The third-order valence-corrected chi connectivity index (χ3v) is 11.3. The third-order valence-electron chi connectivity index (χ3n) is 9.33. The molecule has 2 bridgehead atoms. The molecule has 0 aliphatic carbocycles. The Morgan fingerprint density at radius 1 is 0.977 bits per heavy atom. The van der Waals surface area contributed by atoms with Gasteiger partial charge in [0, 0.05) is 31.4 Å². The van der Waals surface area contributed by atoms with Crippen LogP contribution < -0.4 is 0 Å². The summed E-state index contributed by atoms with van der Waals surface area (Å²) < 4.78 is -0.732. The molecule has 8 heteroatoms. The Morgan fingerprint density at radius 3 is 2.00 bits per heavy atom. The molecule has 6 atom stereocenters. The van der Waals surface area contributed by atoms with Crippen molar-refractivity contribution in [2.45, 2.75) is 61.9 Å². The summed E-state index contributed by atoms with van der Waals surface area (Å²) in [6, 6.07) is 18.3. The quantitative estimate of drug-likeness (QED) is 0.342. The van der Waals surface area contributed by atoms with Gasteiger partial charge in [-0.2, -0.15) is 0 Å². The van der Waals surface area contributed by atoms with Gasteiger partial charge in [0.05, 0.1) is 29.2 Å². The lowest BCUT2D eigenvalue weighted by Crippen LogP contribution is -2.58. The van der Waals surface area contributed by atoms with Gasteiger partial charge in [-0.05, 0) is 29.9 Å². The molecular weight excluding hydrogens is 558 g/mol. The molecule has 2 unspecified atom stereocenters. The maximum Gasteiger partial charge on any atom is 0.247 e. The first-order valence-corrected chi connectivity index (χ1v) is 16.1. The van der Waals surface area contributed by atoms with Crippen LogP contribution in [0.2, 0.25) is 0 Å². The van der Waals surface area contributed by atoms with Gasteiger partial charge in [0.15, 0.2) is 0 Å². The van der Waals surface area contributed by atoms with E-state index < -0.39 is 28.7 Å². The minimum Gasteiger partial charge on any atom is -0.394 e. The Morgan fingerprint density at radius 2 is 1.51 bits per heavy atom. The molecule has 43 heavy (non-hydrogen) atoms. The second-order valence-corrected chi connectivity index (χ2v) is 13.9. The van der Waals surface area contributed by atoms with E-state index in [0.717, 1.165) is 17.5 Å². The molecule has 3 saturated heterocycles.